The highest BCUT2D eigenvalue weighted by atomic mass is 16.5. The Morgan fingerprint density at radius 3 is 1.00 bits per heavy atom. The van der Waals surface area contributed by atoms with Crippen LogP contribution in [-0.4, -0.2) is 12.2 Å². The normalized spacial score (nSPS) is 16.8. The lowest BCUT2D eigenvalue weighted by atomic mass is 9.77. The van der Waals surface area contributed by atoms with Gasteiger partial charge in [0.1, 0.15) is 0 Å². The molecule has 25 heavy (non-hydrogen) atoms. The molecule has 0 rings (SSSR count). The van der Waals surface area contributed by atoms with Gasteiger partial charge in [-0.2, -0.15) is 0 Å². The second kappa shape index (κ2) is 9.25. The minimum atomic E-state index is 0.307. The molecule has 1 nitrogen and oxygen atoms in total. The Balaban J connectivity index is 5.33. The zero-order valence-corrected chi connectivity index (χ0v) is 19.8. The second-order valence-corrected chi connectivity index (χ2v) is 12.4. The van der Waals surface area contributed by atoms with Crippen LogP contribution in [0.25, 0.3) is 0 Å². The Hall–Kier alpha value is -0.0400. The van der Waals surface area contributed by atoms with Crippen molar-refractivity contribution in [3.63, 3.8) is 0 Å². The van der Waals surface area contributed by atoms with E-state index in [4.69, 9.17) is 4.74 Å². The monoisotopic (exact) mass is 354 g/mol. The molecule has 0 aromatic carbocycles. The summed E-state index contributed by atoms with van der Waals surface area (Å²) in [4.78, 5) is 0. The molecule has 0 N–H and O–H groups in total. The van der Waals surface area contributed by atoms with E-state index in [9.17, 15) is 0 Å². The number of ether oxygens (including phenoxy) is 1. The molecular weight excluding hydrogens is 304 g/mol. The van der Waals surface area contributed by atoms with Gasteiger partial charge in [-0.25, -0.2) is 0 Å². The summed E-state index contributed by atoms with van der Waals surface area (Å²) in [5.41, 5.74) is 1.31. The van der Waals surface area contributed by atoms with Gasteiger partial charge in [0.25, 0.3) is 0 Å². The predicted molar refractivity (Wildman–Crippen MR) is 114 cm³/mol. The van der Waals surface area contributed by atoms with E-state index in [0.717, 1.165) is 25.7 Å². The Labute approximate surface area is 160 Å². The SMILES string of the molecule is CCC(C)(C)CC(CC(C)(C)C)OC(CC(C)(C)C)CC(C)(C)CC. The molecule has 2 atom stereocenters. The molecule has 0 aromatic rings. The first kappa shape index (κ1) is 25.0. The van der Waals surface area contributed by atoms with Crippen LogP contribution < -0.4 is 0 Å². The number of hydrogen-bond acceptors (Lipinski definition) is 1. The lowest BCUT2D eigenvalue weighted by Crippen LogP contribution is -2.34. The van der Waals surface area contributed by atoms with Crippen molar-refractivity contribution in [2.24, 2.45) is 21.7 Å². The molecule has 2 unspecified atom stereocenters. The van der Waals surface area contributed by atoms with Crippen LogP contribution in [0, 0.1) is 21.7 Å². The molecule has 1 heteroatoms. The summed E-state index contributed by atoms with van der Waals surface area (Å²) in [7, 11) is 0. The summed E-state index contributed by atoms with van der Waals surface area (Å²) in [6, 6.07) is 0. The largest absolute Gasteiger partial charge is 0.375 e. The number of rotatable bonds is 10. The average molecular weight is 355 g/mol. The Kier molecular flexibility index (Phi) is 9.23. The highest BCUT2D eigenvalue weighted by Crippen LogP contribution is 2.38. The van der Waals surface area contributed by atoms with Crippen LogP contribution in [0.3, 0.4) is 0 Å². The Bertz CT molecular complexity index is 329. The van der Waals surface area contributed by atoms with E-state index in [0.29, 0.717) is 33.9 Å². The molecule has 0 spiro atoms. The van der Waals surface area contributed by atoms with E-state index < -0.39 is 0 Å². The van der Waals surface area contributed by atoms with E-state index in [1.165, 1.54) is 12.8 Å². The van der Waals surface area contributed by atoms with Gasteiger partial charge in [0.15, 0.2) is 0 Å². The summed E-state index contributed by atoms with van der Waals surface area (Å²) >= 11 is 0. The topological polar surface area (TPSA) is 9.23 Å². The van der Waals surface area contributed by atoms with Gasteiger partial charge >= 0.3 is 0 Å². The third kappa shape index (κ3) is 12.9. The third-order valence-corrected chi connectivity index (χ3v) is 5.54. The van der Waals surface area contributed by atoms with Gasteiger partial charge in [0.2, 0.25) is 0 Å². The first-order chi connectivity index (χ1) is 11.0. The summed E-state index contributed by atoms with van der Waals surface area (Å²) in [6.45, 7) is 28.2. The van der Waals surface area contributed by atoms with Crippen LogP contribution in [0.1, 0.15) is 122 Å². The molecule has 152 valence electrons. The molecule has 0 amide bonds. The second-order valence-electron chi connectivity index (χ2n) is 12.4. The quantitative estimate of drug-likeness (QED) is 0.383. The fourth-order valence-electron chi connectivity index (χ4n) is 3.50. The van der Waals surface area contributed by atoms with E-state index in [2.05, 4.69) is 83.1 Å². The molecule has 0 aliphatic carbocycles. The maximum atomic E-state index is 6.88. The maximum absolute atomic E-state index is 6.88. The average Bonchev–Trinajstić information content (AvgIpc) is 2.33. The zero-order chi connectivity index (χ0) is 20.1. The van der Waals surface area contributed by atoms with Crippen molar-refractivity contribution in [3.8, 4) is 0 Å². The van der Waals surface area contributed by atoms with E-state index in [1.807, 2.05) is 0 Å². The van der Waals surface area contributed by atoms with Gasteiger partial charge in [-0.3, -0.25) is 0 Å². The van der Waals surface area contributed by atoms with Crippen LogP contribution in [-0.2, 0) is 4.74 Å². The fraction of sp³-hybridized carbons (Fsp3) is 1.00. The van der Waals surface area contributed by atoms with E-state index in [-0.39, 0.29) is 0 Å². The van der Waals surface area contributed by atoms with Gasteiger partial charge in [0, 0.05) is 0 Å². The molecule has 0 saturated carbocycles. The molecule has 0 radical (unpaired) electrons. The molecule has 0 heterocycles. The molecule has 0 aliphatic heterocycles. The van der Waals surface area contributed by atoms with Gasteiger partial charge in [-0.05, 0) is 47.3 Å². The first-order valence-corrected chi connectivity index (χ1v) is 10.6. The molecule has 0 aliphatic rings. The molecule has 0 fully saturated rings. The van der Waals surface area contributed by atoms with Crippen LogP contribution in [0.2, 0.25) is 0 Å². The van der Waals surface area contributed by atoms with Gasteiger partial charge in [-0.15, -0.1) is 0 Å². The summed E-state index contributed by atoms with van der Waals surface area (Å²) in [5.74, 6) is 0. The Morgan fingerprint density at radius 1 is 0.520 bits per heavy atom. The summed E-state index contributed by atoms with van der Waals surface area (Å²) < 4.78 is 6.88. The van der Waals surface area contributed by atoms with Crippen LogP contribution >= 0.6 is 0 Å². The summed E-state index contributed by atoms with van der Waals surface area (Å²) in [6.07, 6.45) is 7.74. The molecule has 0 saturated heterocycles. The lowest BCUT2D eigenvalue weighted by molar-refractivity contribution is -0.0791. The van der Waals surface area contributed by atoms with Crippen molar-refractivity contribution < 1.29 is 4.74 Å². The lowest BCUT2D eigenvalue weighted by Gasteiger charge is -2.38. The smallest absolute Gasteiger partial charge is 0.0589 e. The zero-order valence-electron chi connectivity index (χ0n) is 19.8. The maximum Gasteiger partial charge on any atom is 0.0589 e. The van der Waals surface area contributed by atoms with Crippen LogP contribution in [0.5, 0.6) is 0 Å². The minimum absolute atomic E-state index is 0.307. The van der Waals surface area contributed by atoms with Crippen LogP contribution in [0.4, 0.5) is 0 Å². The minimum Gasteiger partial charge on any atom is -0.375 e. The predicted octanol–water partition coefficient (Wildman–Crippen LogP) is 8.27. The standard InChI is InChI=1S/C24H50O/c1-13-23(9,10)17-19(15-21(3,4)5)25-20(16-22(6,7)8)18-24(11,12)14-2/h19-20H,13-18H2,1-12H3. The van der Waals surface area contributed by atoms with Crippen molar-refractivity contribution in [3.05, 3.63) is 0 Å². The molecule has 0 aromatic heterocycles. The van der Waals surface area contributed by atoms with E-state index in [1.54, 1.807) is 0 Å². The molecular formula is C24H50O. The fourth-order valence-corrected chi connectivity index (χ4v) is 3.50. The van der Waals surface area contributed by atoms with Crippen molar-refractivity contribution in [1.29, 1.82) is 0 Å². The first-order valence-electron chi connectivity index (χ1n) is 10.6. The number of hydrogen-bond donors (Lipinski definition) is 0. The van der Waals surface area contributed by atoms with E-state index >= 15 is 0 Å². The van der Waals surface area contributed by atoms with Gasteiger partial charge < -0.3 is 4.74 Å². The molecule has 0 bridgehead atoms. The third-order valence-electron chi connectivity index (χ3n) is 5.54. The Morgan fingerprint density at radius 2 is 0.800 bits per heavy atom. The van der Waals surface area contributed by atoms with Crippen molar-refractivity contribution >= 4 is 0 Å². The van der Waals surface area contributed by atoms with Crippen LogP contribution in [0.15, 0.2) is 0 Å². The van der Waals surface area contributed by atoms with Gasteiger partial charge in [-0.1, -0.05) is 95.9 Å². The van der Waals surface area contributed by atoms with Crippen molar-refractivity contribution in [1.82, 2.24) is 0 Å². The van der Waals surface area contributed by atoms with Crippen molar-refractivity contribution in [2.75, 3.05) is 0 Å². The van der Waals surface area contributed by atoms with Gasteiger partial charge in [0.05, 0.1) is 12.2 Å². The highest BCUT2D eigenvalue weighted by molar-refractivity contribution is 4.82. The highest BCUT2D eigenvalue weighted by Gasteiger charge is 2.32. The van der Waals surface area contributed by atoms with Crippen molar-refractivity contribution in [2.45, 2.75) is 134 Å². The summed E-state index contributed by atoms with van der Waals surface area (Å²) in [5, 5.41) is 0.